The maximum Gasteiger partial charge on any atom is 0.401 e. The van der Waals surface area contributed by atoms with E-state index in [9.17, 15) is 18.0 Å². The average Bonchev–Trinajstić information content (AvgIpc) is 2.72. The lowest BCUT2D eigenvalue weighted by atomic mass is 10.1. The van der Waals surface area contributed by atoms with Gasteiger partial charge in [0.1, 0.15) is 12.4 Å². The van der Waals surface area contributed by atoms with Crippen molar-refractivity contribution >= 4 is 34.7 Å². The second kappa shape index (κ2) is 8.62. The molecule has 2 aliphatic heterocycles. The van der Waals surface area contributed by atoms with E-state index in [1.54, 1.807) is 12.1 Å². The zero-order valence-electron chi connectivity index (χ0n) is 17.2. The molecule has 1 atom stereocenters. The number of carbonyl (C=O) groups is 1. The Morgan fingerprint density at radius 1 is 1.34 bits per heavy atom. The second-order valence-corrected chi connectivity index (χ2v) is 8.05. The molecule has 3 N–H and O–H groups in total. The van der Waals surface area contributed by atoms with Crippen LogP contribution in [-0.4, -0.2) is 65.8 Å². The van der Waals surface area contributed by atoms with E-state index in [0.29, 0.717) is 36.6 Å². The molecular weight excluding hydrogens is 449 g/mol. The molecule has 0 unspecified atom stereocenters. The molecule has 1 saturated heterocycles. The molecule has 0 saturated carbocycles. The van der Waals surface area contributed by atoms with Crippen LogP contribution >= 0.6 is 11.6 Å². The summed E-state index contributed by atoms with van der Waals surface area (Å²) < 4.78 is 44.0. The topological polar surface area (TPSA) is 96.6 Å². The molecule has 2 aromatic rings. The maximum atomic E-state index is 12.7. The van der Waals surface area contributed by atoms with Crippen molar-refractivity contribution < 1.29 is 22.7 Å². The summed E-state index contributed by atoms with van der Waals surface area (Å²) in [5.41, 5.74) is 7.27. The Hall–Kier alpha value is -2.79. The number of benzene rings is 1. The number of piperazine rings is 1. The summed E-state index contributed by atoms with van der Waals surface area (Å²) in [6.07, 6.45) is -3.72. The van der Waals surface area contributed by atoms with E-state index < -0.39 is 18.6 Å². The van der Waals surface area contributed by atoms with E-state index in [4.69, 9.17) is 22.1 Å². The lowest BCUT2D eigenvalue weighted by Crippen LogP contribution is -2.58. The van der Waals surface area contributed by atoms with Gasteiger partial charge in [-0.15, -0.1) is 0 Å². The molecule has 1 aromatic carbocycles. The average molecular weight is 471 g/mol. The number of nitrogens with two attached hydrogens (primary N) is 1. The number of hydrogen-bond acceptors (Lipinski definition) is 7. The number of carbonyl (C=O) groups excluding carboxylic acids is 1. The molecule has 8 nitrogen and oxygen atoms in total. The number of ether oxygens (including phenoxy) is 1. The lowest BCUT2D eigenvalue weighted by Gasteiger charge is -2.45. The summed E-state index contributed by atoms with van der Waals surface area (Å²) in [6, 6.07) is 5.16. The molecule has 3 heterocycles. The molecule has 4 rings (SSSR count). The van der Waals surface area contributed by atoms with Crippen LogP contribution in [0.4, 0.5) is 30.4 Å². The van der Waals surface area contributed by atoms with Gasteiger partial charge in [0.05, 0.1) is 24.0 Å². The highest BCUT2D eigenvalue weighted by Crippen LogP contribution is 2.38. The van der Waals surface area contributed by atoms with Crippen molar-refractivity contribution in [3.8, 4) is 5.75 Å². The number of nitrogens with zero attached hydrogens (tertiary/aromatic N) is 4. The largest absolute Gasteiger partial charge is 0.489 e. The Morgan fingerprint density at radius 3 is 2.81 bits per heavy atom. The summed E-state index contributed by atoms with van der Waals surface area (Å²) in [5, 5.41) is 3.19. The predicted molar refractivity (Wildman–Crippen MR) is 114 cm³/mol. The van der Waals surface area contributed by atoms with Gasteiger partial charge in [-0.05, 0) is 18.6 Å². The summed E-state index contributed by atoms with van der Waals surface area (Å²) in [5.74, 6) is -0.0189. The Balaban J connectivity index is 1.53. The number of amides is 1. The summed E-state index contributed by atoms with van der Waals surface area (Å²) >= 11 is 6.14. The van der Waals surface area contributed by atoms with Crippen molar-refractivity contribution in [3.05, 3.63) is 34.7 Å². The minimum absolute atomic E-state index is 0.0225. The summed E-state index contributed by atoms with van der Waals surface area (Å²) in [6.45, 7) is 2.25. The van der Waals surface area contributed by atoms with Crippen molar-refractivity contribution in [2.45, 2.75) is 25.6 Å². The van der Waals surface area contributed by atoms with E-state index in [-0.39, 0.29) is 35.9 Å². The molecule has 172 valence electrons. The number of hydrogen-bond donors (Lipinski definition) is 2. The number of nitrogens with one attached hydrogen (secondary N) is 1. The molecule has 2 aliphatic rings. The molecular formula is C20H22ClF3N6O2. The Bertz CT molecular complexity index is 1040. The number of halogens is 4. The van der Waals surface area contributed by atoms with Crippen LogP contribution in [0.2, 0.25) is 5.15 Å². The Kier molecular flexibility index (Phi) is 6.04. The van der Waals surface area contributed by atoms with Crippen molar-refractivity contribution in [2.24, 2.45) is 5.73 Å². The molecule has 12 heteroatoms. The van der Waals surface area contributed by atoms with E-state index in [0.717, 1.165) is 5.69 Å². The van der Waals surface area contributed by atoms with Crippen molar-refractivity contribution in [3.63, 3.8) is 0 Å². The fourth-order valence-electron chi connectivity index (χ4n) is 3.98. The van der Waals surface area contributed by atoms with E-state index in [1.165, 1.54) is 4.90 Å². The van der Waals surface area contributed by atoms with Gasteiger partial charge in [-0.1, -0.05) is 18.5 Å². The van der Waals surface area contributed by atoms with Crippen LogP contribution < -0.4 is 20.7 Å². The van der Waals surface area contributed by atoms with Crippen LogP contribution in [0, 0.1) is 0 Å². The van der Waals surface area contributed by atoms with Crippen molar-refractivity contribution in [1.82, 2.24) is 14.9 Å². The first-order chi connectivity index (χ1) is 15.1. The van der Waals surface area contributed by atoms with E-state index in [2.05, 4.69) is 20.2 Å². The fraction of sp³-hybridized carbons (Fsp3) is 0.450. The van der Waals surface area contributed by atoms with Crippen LogP contribution in [-0.2, 0) is 6.42 Å². The van der Waals surface area contributed by atoms with Gasteiger partial charge in [-0.25, -0.2) is 9.97 Å². The highest BCUT2D eigenvalue weighted by atomic mass is 35.5. The summed E-state index contributed by atoms with van der Waals surface area (Å²) in [7, 11) is 0. The highest BCUT2D eigenvalue weighted by molar-refractivity contribution is 6.30. The van der Waals surface area contributed by atoms with Gasteiger partial charge in [0.25, 0.3) is 5.91 Å². The second-order valence-electron chi connectivity index (χ2n) is 7.69. The number of alkyl halides is 3. The number of anilines is 3. The van der Waals surface area contributed by atoms with Crippen LogP contribution in [0.5, 0.6) is 5.75 Å². The van der Waals surface area contributed by atoms with Crippen LogP contribution in [0.3, 0.4) is 0 Å². The predicted octanol–water partition coefficient (Wildman–Crippen LogP) is 2.98. The third kappa shape index (κ3) is 4.68. The van der Waals surface area contributed by atoms with Gasteiger partial charge < -0.3 is 20.7 Å². The quantitative estimate of drug-likeness (QED) is 0.693. The van der Waals surface area contributed by atoms with Gasteiger partial charge in [-0.3, -0.25) is 9.69 Å². The monoisotopic (exact) mass is 470 g/mol. The highest BCUT2D eigenvalue weighted by Gasteiger charge is 2.37. The number of aryl methyl sites for hydroxylation is 1. The number of rotatable bonds is 5. The molecule has 1 aromatic heterocycles. The molecule has 0 bridgehead atoms. The molecule has 0 aliphatic carbocycles. The number of fused-ring (bicyclic) bond motifs is 3. The lowest BCUT2D eigenvalue weighted by molar-refractivity contribution is -0.147. The Morgan fingerprint density at radius 2 is 2.12 bits per heavy atom. The van der Waals surface area contributed by atoms with Gasteiger partial charge in [0.2, 0.25) is 0 Å². The minimum Gasteiger partial charge on any atom is -0.489 e. The molecule has 0 spiro atoms. The third-order valence-corrected chi connectivity index (χ3v) is 5.72. The summed E-state index contributed by atoms with van der Waals surface area (Å²) in [4.78, 5) is 23.7. The number of primary amides is 1. The van der Waals surface area contributed by atoms with Crippen LogP contribution in [0.15, 0.2) is 18.2 Å². The first-order valence-electron chi connectivity index (χ1n) is 10.1. The van der Waals surface area contributed by atoms with Crippen molar-refractivity contribution in [1.29, 1.82) is 0 Å². The fourth-order valence-corrected chi connectivity index (χ4v) is 4.24. The van der Waals surface area contributed by atoms with Crippen LogP contribution in [0.1, 0.15) is 23.1 Å². The van der Waals surface area contributed by atoms with E-state index >= 15 is 0 Å². The number of aromatic nitrogens is 2. The van der Waals surface area contributed by atoms with Gasteiger partial charge in [-0.2, -0.15) is 13.2 Å². The van der Waals surface area contributed by atoms with Gasteiger partial charge >= 0.3 is 6.18 Å². The maximum absolute atomic E-state index is 12.7. The minimum atomic E-state index is -4.22. The smallest absolute Gasteiger partial charge is 0.401 e. The SMILES string of the molecule is CCc1nc(C(N)=O)c(Nc2ccc3c(c2)OC[C@H]2CN(CC(F)(F)F)CCN32)nc1Cl. The zero-order chi connectivity index (χ0) is 23.0. The first kappa shape index (κ1) is 22.4. The zero-order valence-corrected chi connectivity index (χ0v) is 18.0. The molecule has 1 fully saturated rings. The van der Waals surface area contributed by atoms with Gasteiger partial charge in [0, 0.05) is 31.4 Å². The van der Waals surface area contributed by atoms with E-state index in [1.807, 2.05) is 13.0 Å². The Labute approximate surface area is 187 Å². The van der Waals surface area contributed by atoms with Gasteiger partial charge in [0.15, 0.2) is 16.7 Å². The first-order valence-corrected chi connectivity index (χ1v) is 10.5. The molecule has 1 amide bonds. The van der Waals surface area contributed by atoms with Crippen molar-refractivity contribution in [2.75, 3.05) is 43.0 Å². The molecule has 32 heavy (non-hydrogen) atoms. The standard InChI is InChI=1S/C20H22ClF3N6O2/c1-2-13-17(21)28-19(16(27-13)18(25)31)26-11-3-4-14-15(7-11)32-9-12-8-29(5-6-30(12)14)10-20(22,23)24/h3-4,7,12H,2,5-6,8-10H2,1H3,(H2,25,31)(H,26,28)/t12-/m1/s1. The molecule has 0 radical (unpaired) electrons. The normalized spacial score (nSPS) is 18.5. The van der Waals surface area contributed by atoms with Crippen LogP contribution in [0.25, 0.3) is 0 Å². The third-order valence-electron chi connectivity index (χ3n) is 5.42.